The van der Waals surface area contributed by atoms with Crippen LogP contribution >= 0.6 is 23.1 Å². The first-order valence-electron chi connectivity index (χ1n) is 6.93. The van der Waals surface area contributed by atoms with E-state index in [-0.39, 0.29) is 4.75 Å². The lowest BCUT2D eigenvalue weighted by Gasteiger charge is -2.16. The summed E-state index contributed by atoms with van der Waals surface area (Å²) < 4.78 is 0.152. The quantitative estimate of drug-likeness (QED) is 0.579. The molecule has 4 heteroatoms. The molecule has 2 heterocycles. The van der Waals surface area contributed by atoms with Crippen LogP contribution in [0.1, 0.15) is 26.3 Å². The summed E-state index contributed by atoms with van der Waals surface area (Å²) >= 11 is 3.42. The van der Waals surface area contributed by atoms with Gasteiger partial charge in [0.05, 0.1) is 6.20 Å². The summed E-state index contributed by atoms with van der Waals surface area (Å²) in [5.41, 5.74) is 4.66. The van der Waals surface area contributed by atoms with Gasteiger partial charge in [-0.25, -0.2) is 4.98 Å². The Bertz CT molecular complexity index is 785. The maximum Gasteiger partial charge on any atom is 0.143 e. The minimum Gasteiger partial charge on any atom is -0.250 e. The predicted octanol–water partition coefficient (Wildman–Crippen LogP) is 5.56. The van der Waals surface area contributed by atoms with Crippen LogP contribution in [0, 0.1) is 6.92 Å². The van der Waals surface area contributed by atoms with Gasteiger partial charge in [-0.05, 0) is 12.5 Å². The number of thiophene rings is 1. The first-order valence-corrected chi connectivity index (χ1v) is 8.62. The highest BCUT2D eigenvalue weighted by Gasteiger charge is 2.15. The van der Waals surface area contributed by atoms with Crippen LogP contribution in [0.15, 0.2) is 40.9 Å². The van der Waals surface area contributed by atoms with Crippen molar-refractivity contribution in [2.45, 2.75) is 37.5 Å². The zero-order valence-electron chi connectivity index (χ0n) is 12.7. The second-order valence-electron chi connectivity index (χ2n) is 6.10. The third-order valence-electron chi connectivity index (χ3n) is 3.00. The van der Waals surface area contributed by atoms with Crippen LogP contribution in [0.4, 0.5) is 0 Å². The molecule has 1 aromatic carbocycles. The minimum absolute atomic E-state index is 0.152. The Hall–Kier alpha value is -1.39. The molecule has 0 spiro atoms. The summed E-state index contributed by atoms with van der Waals surface area (Å²) in [4.78, 5) is 10.4. The second-order valence-corrected chi connectivity index (χ2v) is 8.80. The molecule has 0 saturated carbocycles. The molecule has 0 unspecified atom stereocenters. The standard InChI is InChI=1S/C17H18N2S2/c1-11-6-5-7-12(8-11)13-10-20-16-15(13)18-9-14(19-16)21-17(2,3)4/h5-10H,1-4H3. The zero-order valence-corrected chi connectivity index (χ0v) is 14.3. The average Bonchev–Trinajstić information content (AvgIpc) is 2.79. The maximum atomic E-state index is 4.75. The molecule has 21 heavy (non-hydrogen) atoms. The van der Waals surface area contributed by atoms with Crippen LogP contribution in [-0.2, 0) is 0 Å². The molecule has 108 valence electrons. The molecule has 3 aromatic rings. The number of rotatable bonds is 2. The molecular formula is C17H18N2S2. The Morgan fingerprint density at radius 1 is 1.19 bits per heavy atom. The van der Waals surface area contributed by atoms with Crippen LogP contribution in [0.25, 0.3) is 21.5 Å². The van der Waals surface area contributed by atoms with Crippen molar-refractivity contribution in [3.05, 3.63) is 41.4 Å². The van der Waals surface area contributed by atoms with Crippen molar-refractivity contribution in [3.8, 4) is 11.1 Å². The van der Waals surface area contributed by atoms with Gasteiger partial charge in [0.15, 0.2) is 0 Å². The van der Waals surface area contributed by atoms with E-state index in [1.807, 2.05) is 6.20 Å². The fraction of sp³-hybridized carbons (Fsp3) is 0.294. The van der Waals surface area contributed by atoms with E-state index in [0.29, 0.717) is 0 Å². The summed E-state index contributed by atoms with van der Waals surface area (Å²) in [6.07, 6.45) is 1.89. The topological polar surface area (TPSA) is 25.8 Å². The summed E-state index contributed by atoms with van der Waals surface area (Å²) in [5, 5.41) is 3.15. The molecule has 2 nitrogen and oxygen atoms in total. The van der Waals surface area contributed by atoms with Gasteiger partial charge < -0.3 is 0 Å². The molecule has 0 aliphatic heterocycles. The Kier molecular flexibility index (Phi) is 3.76. The number of fused-ring (bicyclic) bond motifs is 1. The summed E-state index contributed by atoms with van der Waals surface area (Å²) in [5.74, 6) is 0. The van der Waals surface area contributed by atoms with Crippen LogP contribution in [-0.4, -0.2) is 14.7 Å². The molecule has 0 N–H and O–H groups in total. The lowest BCUT2D eigenvalue weighted by atomic mass is 10.1. The summed E-state index contributed by atoms with van der Waals surface area (Å²) in [6.45, 7) is 8.68. The van der Waals surface area contributed by atoms with Crippen molar-refractivity contribution in [1.29, 1.82) is 0 Å². The molecule has 0 fully saturated rings. The molecule has 0 amide bonds. The maximum absolute atomic E-state index is 4.75. The number of hydrogen-bond acceptors (Lipinski definition) is 4. The van der Waals surface area contributed by atoms with Crippen LogP contribution in [0.2, 0.25) is 0 Å². The van der Waals surface area contributed by atoms with E-state index in [0.717, 1.165) is 15.4 Å². The predicted molar refractivity (Wildman–Crippen MR) is 93.2 cm³/mol. The fourth-order valence-electron chi connectivity index (χ4n) is 2.17. The molecule has 2 aromatic heterocycles. The summed E-state index contributed by atoms with van der Waals surface area (Å²) in [6, 6.07) is 8.53. The van der Waals surface area contributed by atoms with Gasteiger partial charge in [0.1, 0.15) is 15.4 Å². The second kappa shape index (κ2) is 5.43. The third-order valence-corrected chi connectivity index (χ3v) is 4.88. The molecule has 0 aliphatic rings. The van der Waals surface area contributed by atoms with Gasteiger partial charge in [-0.1, -0.05) is 62.4 Å². The van der Waals surface area contributed by atoms with Gasteiger partial charge in [0.25, 0.3) is 0 Å². The lowest BCUT2D eigenvalue weighted by molar-refractivity contribution is 0.799. The number of hydrogen-bond donors (Lipinski definition) is 0. The van der Waals surface area contributed by atoms with Gasteiger partial charge in [0, 0.05) is 15.7 Å². The van der Waals surface area contributed by atoms with E-state index >= 15 is 0 Å². The van der Waals surface area contributed by atoms with Crippen molar-refractivity contribution < 1.29 is 0 Å². The van der Waals surface area contributed by atoms with Gasteiger partial charge in [0.2, 0.25) is 0 Å². The van der Waals surface area contributed by atoms with E-state index in [2.05, 4.69) is 62.3 Å². The average molecular weight is 314 g/mol. The smallest absolute Gasteiger partial charge is 0.143 e. The van der Waals surface area contributed by atoms with Crippen molar-refractivity contribution in [2.24, 2.45) is 0 Å². The minimum atomic E-state index is 0.152. The number of aryl methyl sites for hydroxylation is 1. The normalized spacial score (nSPS) is 12.0. The molecule has 0 saturated heterocycles. The van der Waals surface area contributed by atoms with E-state index in [9.17, 15) is 0 Å². The largest absolute Gasteiger partial charge is 0.250 e. The van der Waals surface area contributed by atoms with Crippen LogP contribution in [0.5, 0.6) is 0 Å². The van der Waals surface area contributed by atoms with Gasteiger partial charge in [-0.15, -0.1) is 11.3 Å². The highest BCUT2D eigenvalue weighted by Crippen LogP contribution is 2.35. The third kappa shape index (κ3) is 3.27. The highest BCUT2D eigenvalue weighted by atomic mass is 32.2. The molecule has 3 rings (SSSR count). The lowest BCUT2D eigenvalue weighted by Crippen LogP contribution is -2.07. The van der Waals surface area contributed by atoms with Gasteiger partial charge in [-0.2, -0.15) is 0 Å². The summed E-state index contributed by atoms with van der Waals surface area (Å²) in [7, 11) is 0. The van der Waals surface area contributed by atoms with Gasteiger partial charge in [-0.3, -0.25) is 4.98 Å². The molecule has 0 radical (unpaired) electrons. The van der Waals surface area contributed by atoms with Crippen molar-refractivity contribution >= 4 is 33.4 Å². The van der Waals surface area contributed by atoms with E-state index in [4.69, 9.17) is 4.98 Å². The number of benzene rings is 1. The van der Waals surface area contributed by atoms with E-state index in [1.54, 1.807) is 23.1 Å². The molecular weight excluding hydrogens is 296 g/mol. The Morgan fingerprint density at radius 2 is 2.00 bits per heavy atom. The van der Waals surface area contributed by atoms with Gasteiger partial charge >= 0.3 is 0 Å². The number of nitrogens with zero attached hydrogens (tertiary/aromatic N) is 2. The van der Waals surface area contributed by atoms with Crippen LogP contribution < -0.4 is 0 Å². The monoisotopic (exact) mass is 314 g/mol. The van der Waals surface area contributed by atoms with Crippen molar-refractivity contribution in [3.63, 3.8) is 0 Å². The number of thioether (sulfide) groups is 1. The molecule has 0 bridgehead atoms. The van der Waals surface area contributed by atoms with E-state index in [1.165, 1.54) is 16.7 Å². The first kappa shape index (κ1) is 14.5. The number of aromatic nitrogens is 2. The Labute approximate surface area is 133 Å². The molecule has 0 atom stereocenters. The zero-order chi connectivity index (χ0) is 15.0. The van der Waals surface area contributed by atoms with Crippen molar-refractivity contribution in [1.82, 2.24) is 9.97 Å². The van der Waals surface area contributed by atoms with E-state index < -0.39 is 0 Å². The Balaban J connectivity index is 2.04. The molecule has 0 aliphatic carbocycles. The fourth-order valence-corrected chi connectivity index (χ4v) is 4.00. The first-order chi connectivity index (χ1) is 9.92. The SMILES string of the molecule is Cc1cccc(-c2csc3nc(SC(C)(C)C)cnc23)c1. The van der Waals surface area contributed by atoms with Crippen molar-refractivity contribution in [2.75, 3.05) is 0 Å². The highest BCUT2D eigenvalue weighted by molar-refractivity contribution is 8.00. The Morgan fingerprint density at radius 3 is 2.71 bits per heavy atom. The van der Waals surface area contributed by atoms with Crippen LogP contribution in [0.3, 0.4) is 0 Å².